The molecule has 0 bridgehead atoms. The zero-order chi connectivity index (χ0) is 14.4. The van der Waals surface area contributed by atoms with Gasteiger partial charge in [-0.25, -0.2) is 4.98 Å². The summed E-state index contributed by atoms with van der Waals surface area (Å²) in [6, 6.07) is 6.29. The second-order valence-corrected chi connectivity index (χ2v) is 5.43. The molecule has 0 saturated heterocycles. The summed E-state index contributed by atoms with van der Waals surface area (Å²) in [5, 5.41) is 8.87. The predicted octanol–water partition coefficient (Wildman–Crippen LogP) is 3.68. The van der Waals surface area contributed by atoms with Gasteiger partial charge in [0.25, 0.3) is 0 Å². The molecule has 20 heavy (non-hydrogen) atoms. The number of halogens is 1. The SMILES string of the molecule is Cc1ccc(-c2nnc3c(Cl)nc(C)c(C)n23)c(C)c1. The molecule has 0 atom stereocenters. The molecule has 0 amide bonds. The van der Waals surface area contributed by atoms with Crippen molar-refractivity contribution in [1.82, 2.24) is 19.6 Å². The molecule has 2 aromatic heterocycles. The molecule has 102 valence electrons. The van der Waals surface area contributed by atoms with E-state index in [-0.39, 0.29) is 0 Å². The van der Waals surface area contributed by atoms with Crippen LogP contribution in [0.1, 0.15) is 22.5 Å². The summed E-state index contributed by atoms with van der Waals surface area (Å²) in [5.41, 5.74) is 5.95. The molecule has 3 aromatic rings. The summed E-state index contributed by atoms with van der Waals surface area (Å²) < 4.78 is 1.97. The largest absolute Gasteiger partial charge is 0.275 e. The van der Waals surface area contributed by atoms with E-state index in [0.29, 0.717) is 10.8 Å². The third kappa shape index (κ3) is 1.88. The molecule has 3 rings (SSSR count). The fourth-order valence-electron chi connectivity index (χ4n) is 2.41. The molecule has 5 heteroatoms. The van der Waals surface area contributed by atoms with E-state index in [0.717, 1.165) is 22.8 Å². The van der Waals surface area contributed by atoms with Gasteiger partial charge in [-0.3, -0.25) is 4.40 Å². The summed E-state index contributed by atoms with van der Waals surface area (Å²) in [6.45, 7) is 8.09. The molecule has 0 saturated carbocycles. The van der Waals surface area contributed by atoms with Crippen LogP contribution >= 0.6 is 11.6 Å². The van der Waals surface area contributed by atoms with Crippen LogP contribution in [-0.4, -0.2) is 19.6 Å². The lowest BCUT2D eigenvalue weighted by Gasteiger charge is -2.09. The van der Waals surface area contributed by atoms with Crippen molar-refractivity contribution in [3.8, 4) is 11.4 Å². The number of hydrogen-bond donors (Lipinski definition) is 0. The van der Waals surface area contributed by atoms with Gasteiger partial charge >= 0.3 is 0 Å². The highest BCUT2D eigenvalue weighted by Crippen LogP contribution is 2.27. The van der Waals surface area contributed by atoms with Crippen molar-refractivity contribution in [3.05, 3.63) is 45.9 Å². The monoisotopic (exact) mass is 286 g/mol. The Hall–Kier alpha value is -1.94. The predicted molar refractivity (Wildman–Crippen MR) is 80.2 cm³/mol. The van der Waals surface area contributed by atoms with Crippen LogP contribution in [0.4, 0.5) is 0 Å². The molecule has 0 aliphatic rings. The highest BCUT2D eigenvalue weighted by Gasteiger charge is 2.16. The van der Waals surface area contributed by atoms with Crippen LogP contribution in [0.15, 0.2) is 18.2 Å². The van der Waals surface area contributed by atoms with Crippen LogP contribution in [0.5, 0.6) is 0 Å². The Morgan fingerprint density at radius 3 is 2.50 bits per heavy atom. The van der Waals surface area contributed by atoms with Gasteiger partial charge in [0, 0.05) is 11.3 Å². The lowest BCUT2D eigenvalue weighted by molar-refractivity contribution is 0.998. The van der Waals surface area contributed by atoms with Crippen molar-refractivity contribution < 1.29 is 0 Å². The van der Waals surface area contributed by atoms with Gasteiger partial charge in [-0.15, -0.1) is 10.2 Å². The van der Waals surface area contributed by atoms with Gasteiger partial charge in [0.05, 0.1) is 5.69 Å². The number of aromatic nitrogens is 4. The van der Waals surface area contributed by atoms with Gasteiger partial charge in [0.15, 0.2) is 16.6 Å². The second-order valence-electron chi connectivity index (χ2n) is 5.07. The van der Waals surface area contributed by atoms with Gasteiger partial charge in [-0.1, -0.05) is 35.4 Å². The Bertz CT molecular complexity index is 820. The number of fused-ring (bicyclic) bond motifs is 1. The maximum absolute atomic E-state index is 6.17. The van der Waals surface area contributed by atoms with E-state index in [1.165, 1.54) is 11.1 Å². The first-order chi connectivity index (χ1) is 9.49. The standard InChI is InChI=1S/C15H15ClN4/c1-8-5-6-12(9(2)7-8)14-18-19-15-13(16)17-10(3)11(4)20(14)15/h5-7H,1-4H3. The van der Waals surface area contributed by atoms with Crippen molar-refractivity contribution in [2.45, 2.75) is 27.7 Å². The number of hydrogen-bond acceptors (Lipinski definition) is 3. The third-order valence-electron chi connectivity index (χ3n) is 3.60. The van der Waals surface area contributed by atoms with Crippen LogP contribution in [0, 0.1) is 27.7 Å². The van der Waals surface area contributed by atoms with Crippen molar-refractivity contribution in [3.63, 3.8) is 0 Å². The van der Waals surface area contributed by atoms with Crippen molar-refractivity contribution >= 4 is 17.2 Å². The van der Waals surface area contributed by atoms with Gasteiger partial charge in [-0.05, 0) is 33.3 Å². The minimum Gasteiger partial charge on any atom is -0.275 e. The van der Waals surface area contributed by atoms with E-state index in [1.54, 1.807) is 0 Å². The Kier molecular flexibility index (Phi) is 2.98. The van der Waals surface area contributed by atoms with Crippen LogP contribution in [-0.2, 0) is 0 Å². The van der Waals surface area contributed by atoms with Crippen molar-refractivity contribution in [2.75, 3.05) is 0 Å². The first-order valence-electron chi connectivity index (χ1n) is 6.44. The quantitative estimate of drug-likeness (QED) is 0.685. The molecule has 0 aliphatic heterocycles. The molecule has 1 aromatic carbocycles. The average molecular weight is 287 g/mol. The summed E-state index contributed by atoms with van der Waals surface area (Å²) in [6.07, 6.45) is 0. The van der Waals surface area contributed by atoms with E-state index in [9.17, 15) is 0 Å². The average Bonchev–Trinajstić information content (AvgIpc) is 2.81. The Balaban J connectivity index is 2.38. The summed E-state index contributed by atoms with van der Waals surface area (Å²) in [5.74, 6) is 0.808. The van der Waals surface area contributed by atoms with E-state index in [1.807, 2.05) is 18.2 Å². The first kappa shape index (κ1) is 13.1. The van der Waals surface area contributed by atoms with E-state index < -0.39 is 0 Å². The lowest BCUT2D eigenvalue weighted by atomic mass is 10.1. The molecule has 0 fully saturated rings. The summed E-state index contributed by atoms with van der Waals surface area (Å²) >= 11 is 6.17. The minimum absolute atomic E-state index is 0.386. The van der Waals surface area contributed by atoms with Crippen LogP contribution in [0.3, 0.4) is 0 Å². The van der Waals surface area contributed by atoms with Gasteiger partial charge in [0.1, 0.15) is 0 Å². The van der Waals surface area contributed by atoms with E-state index in [2.05, 4.69) is 47.2 Å². The van der Waals surface area contributed by atoms with Crippen molar-refractivity contribution in [1.29, 1.82) is 0 Å². The van der Waals surface area contributed by atoms with Gasteiger partial charge < -0.3 is 0 Å². The van der Waals surface area contributed by atoms with Gasteiger partial charge in [-0.2, -0.15) is 0 Å². The van der Waals surface area contributed by atoms with Crippen LogP contribution in [0.2, 0.25) is 5.15 Å². The molecular weight excluding hydrogens is 272 g/mol. The molecular formula is C15H15ClN4. The molecule has 0 aliphatic carbocycles. The van der Waals surface area contributed by atoms with E-state index in [4.69, 9.17) is 11.6 Å². The third-order valence-corrected chi connectivity index (χ3v) is 3.85. The summed E-state index contributed by atoms with van der Waals surface area (Å²) in [7, 11) is 0. The highest BCUT2D eigenvalue weighted by molar-refractivity contribution is 6.32. The normalized spacial score (nSPS) is 11.2. The molecule has 0 N–H and O–H groups in total. The molecule has 2 heterocycles. The fraction of sp³-hybridized carbons (Fsp3) is 0.267. The van der Waals surface area contributed by atoms with Crippen LogP contribution in [0.25, 0.3) is 17.0 Å². The maximum atomic E-state index is 6.17. The number of benzene rings is 1. The zero-order valence-electron chi connectivity index (χ0n) is 11.9. The second kappa shape index (κ2) is 4.56. The van der Waals surface area contributed by atoms with Crippen LogP contribution < -0.4 is 0 Å². The Morgan fingerprint density at radius 1 is 1.05 bits per heavy atom. The summed E-state index contributed by atoms with van der Waals surface area (Å²) in [4.78, 5) is 4.29. The lowest BCUT2D eigenvalue weighted by Crippen LogP contribution is -2.01. The molecule has 4 nitrogen and oxygen atoms in total. The number of nitrogens with zero attached hydrogens (tertiary/aromatic N) is 4. The smallest absolute Gasteiger partial charge is 0.199 e. The molecule has 0 radical (unpaired) electrons. The van der Waals surface area contributed by atoms with E-state index >= 15 is 0 Å². The van der Waals surface area contributed by atoms with Crippen molar-refractivity contribution in [2.24, 2.45) is 0 Å². The number of aryl methyl sites for hydroxylation is 4. The highest BCUT2D eigenvalue weighted by atomic mass is 35.5. The minimum atomic E-state index is 0.386. The van der Waals surface area contributed by atoms with Gasteiger partial charge in [0.2, 0.25) is 0 Å². The maximum Gasteiger partial charge on any atom is 0.199 e. The number of rotatable bonds is 1. The topological polar surface area (TPSA) is 43.1 Å². The molecule has 0 unspecified atom stereocenters. The molecule has 0 spiro atoms. The Morgan fingerprint density at radius 2 is 1.80 bits per heavy atom. The first-order valence-corrected chi connectivity index (χ1v) is 6.82. The fourth-order valence-corrected chi connectivity index (χ4v) is 2.66. The zero-order valence-corrected chi connectivity index (χ0v) is 12.7. The Labute approximate surface area is 122 Å².